The zero-order valence-corrected chi connectivity index (χ0v) is 27.5. The predicted octanol–water partition coefficient (Wildman–Crippen LogP) is 7.38. The van der Waals surface area contributed by atoms with Crippen molar-refractivity contribution in [1.82, 2.24) is 10.2 Å². The third kappa shape index (κ3) is 8.32. The van der Waals surface area contributed by atoms with Crippen molar-refractivity contribution in [3.05, 3.63) is 91.9 Å². The van der Waals surface area contributed by atoms with Gasteiger partial charge in [-0.1, -0.05) is 97.0 Å². The van der Waals surface area contributed by atoms with Gasteiger partial charge in [-0.25, -0.2) is 8.42 Å². The number of nitrogens with one attached hydrogen (secondary N) is 1. The molecule has 1 N–H and O–H groups in total. The number of amides is 2. The predicted molar refractivity (Wildman–Crippen MR) is 171 cm³/mol. The second kappa shape index (κ2) is 14.8. The smallest absolute Gasteiger partial charge is 0.264 e. The standard InChI is InChI=1S/C30H33Cl4N3O4S/c1-5-26(30(39)35-16-19(2)3)36(17-21-11-14-23(31)25(33)15-21)28(38)18-37(27-8-6-7-24(32)29(27)34)42(40,41)22-12-9-20(4)10-13-22/h6-15,19,26H,5,16-18H2,1-4H3,(H,35,39). The summed E-state index contributed by atoms with van der Waals surface area (Å²) in [4.78, 5) is 28.8. The zero-order chi connectivity index (χ0) is 31.2. The van der Waals surface area contributed by atoms with Gasteiger partial charge in [0.15, 0.2) is 0 Å². The Balaban J connectivity index is 2.10. The topological polar surface area (TPSA) is 86.8 Å². The highest BCUT2D eigenvalue weighted by Crippen LogP contribution is 2.36. The summed E-state index contributed by atoms with van der Waals surface area (Å²) < 4.78 is 28.9. The van der Waals surface area contributed by atoms with Crippen molar-refractivity contribution in [2.45, 2.75) is 51.6 Å². The molecule has 0 aliphatic carbocycles. The number of aryl methyl sites for hydroxylation is 1. The lowest BCUT2D eigenvalue weighted by Crippen LogP contribution is -2.52. The molecule has 0 saturated carbocycles. The van der Waals surface area contributed by atoms with E-state index in [1.54, 1.807) is 43.3 Å². The molecule has 0 bridgehead atoms. The van der Waals surface area contributed by atoms with Crippen LogP contribution in [0.5, 0.6) is 0 Å². The van der Waals surface area contributed by atoms with E-state index in [9.17, 15) is 18.0 Å². The zero-order valence-electron chi connectivity index (χ0n) is 23.7. The van der Waals surface area contributed by atoms with Crippen LogP contribution in [-0.2, 0) is 26.2 Å². The van der Waals surface area contributed by atoms with Gasteiger partial charge in [0.1, 0.15) is 12.6 Å². The van der Waals surface area contributed by atoms with E-state index >= 15 is 0 Å². The van der Waals surface area contributed by atoms with Gasteiger partial charge >= 0.3 is 0 Å². The Kier molecular flexibility index (Phi) is 12.0. The van der Waals surface area contributed by atoms with E-state index in [-0.39, 0.29) is 50.4 Å². The minimum atomic E-state index is -4.29. The molecule has 0 aromatic heterocycles. The van der Waals surface area contributed by atoms with E-state index in [2.05, 4.69) is 5.32 Å². The van der Waals surface area contributed by atoms with Crippen molar-refractivity contribution in [2.75, 3.05) is 17.4 Å². The fraction of sp³-hybridized carbons (Fsp3) is 0.333. The number of sulfonamides is 1. The number of halogens is 4. The summed E-state index contributed by atoms with van der Waals surface area (Å²) in [5.41, 5.74) is 1.51. The Morgan fingerprint density at radius 2 is 1.57 bits per heavy atom. The van der Waals surface area contributed by atoms with Gasteiger partial charge in [0.05, 0.1) is 30.7 Å². The van der Waals surface area contributed by atoms with E-state index in [4.69, 9.17) is 46.4 Å². The van der Waals surface area contributed by atoms with Crippen molar-refractivity contribution in [1.29, 1.82) is 0 Å². The first-order valence-electron chi connectivity index (χ1n) is 13.3. The Labute approximate surface area is 267 Å². The van der Waals surface area contributed by atoms with Crippen molar-refractivity contribution >= 4 is 73.9 Å². The Morgan fingerprint density at radius 1 is 0.905 bits per heavy atom. The van der Waals surface area contributed by atoms with Crippen LogP contribution in [0.3, 0.4) is 0 Å². The average molecular weight is 673 g/mol. The first-order valence-corrected chi connectivity index (χ1v) is 16.3. The average Bonchev–Trinajstić information content (AvgIpc) is 2.94. The lowest BCUT2D eigenvalue weighted by molar-refractivity contribution is -0.140. The van der Waals surface area contributed by atoms with Crippen LogP contribution < -0.4 is 9.62 Å². The number of rotatable bonds is 12. The second-order valence-electron chi connectivity index (χ2n) is 10.2. The first kappa shape index (κ1) is 34.0. The molecule has 1 atom stereocenters. The van der Waals surface area contributed by atoms with Crippen molar-refractivity contribution in [3.63, 3.8) is 0 Å². The van der Waals surface area contributed by atoms with E-state index in [1.807, 2.05) is 20.8 Å². The normalized spacial score (nSPS) is 12.2. The summed E-state index contributed by atoms with van der Waals surface area (Å²) in [6.07, 6.45) is 0.277. The van der Waals surface area contributed by atoms with Crippen LogP contribution in [-0.4, -0.2) is 44.3 Å². The molecule has 1 unspecified atom stereocenters. The number of carbonyl (C=O) groups excluding carboxylic acids is 2. The molecule has 3 aromatic rings. The van der Waals surface area contributed by atoms with E-state index in [0.29, 0.717) is 17.1 Å². The molecule has 0 saturated heterocycles. The van der Waals surface area contributed by atoms with E-state index in [0.717, 1.165) is 9.87 Å². The third-order valence-electron chi connectivity index (χ3n) is 6.50. The van der Waals surface area contributed by atoms with Gasteiger partial charge in [0, 0.05) is 13.1 Å². The molecule has 226 valence electrons. The van der Waals surface area contributed by atoms with Crippen LogP contribution in [0.25, 0.3) is 0 Å². The maximum absolute atomic E-state index is 14.2. The highest BCUT2D eigenvalue weighted by atomic mass is 35.5. The van der Waals surface area contributed by atoms with Gasteiger partial charge in [0.25, 0.3) is 10.0 Å². The summed E-state index contributed by atoms with van der Waals surface area (Å²) in [6, 6.07) is 14.8. The first-order chi connectivity index (χ1) is 19.8. The fourth-order valence-electron chi connectivity index (χ4n) is 4.21. The minimum Gasteiger partial charge on any atom is -0.354 e. The number of nitrogens with zero attached hydrogens (tertiary/aromatic N) is 2. The van der Waals surface area contributed by atoms with Gasteiger partial charge in [-0.05, 0) is 61.2 Å². The molecular weight excluding hydrogens is 640 g/mol. The molecule has 12 heteroatoms. The second-order valence-corrected chi connectivity index (χ2v) is 13.7. The Bertz CT molecular complexity index is 1530. The quantitative estimate of drug-likeness (QED) is 0.218. The lowest BCUT2D eigenvalue weighted by atomic mass is 10.1. The Hall–Kier alpha value is -2.49. The molecule has 3 rings (SSSR count). The molecule has 42 heavy (non-hydrogen) atoms. The summed E-state index contributed by atoms with van der Waals surface area (Å²) in [5.74, 6) is -0.793. The van der Waals surface area contributed by atoms with Gasteiger partial charge < -0.3 is 10.2 Å². The molecule has 0 heterocycles. The number of hydrogen-bond acceptors (Lipinski definition) is 4. The number of hydrogen-bond donors (Lipinski definition) is 1. The molecule has 7 nitrogen and oxygen atoms in total. The summed E-state index contributed by atoms with van der Waals surface area (Å²) >= 11 is 25.1. The Morgan fingerprint density at radius 3 is 2.17 bits per heavy atom. The molecule has 0 spiro atoms. The summed E-state index contributed by atoms with van der Waals surface area (Å²) in [6.45, 7) is 7.28. The van der Waals surface area contributed by atoms with Crippen molar-refractivity contribution in [2.24, 2.45) is 5.92 Å². The number of benzene rings is 3. The van der Waals surface area contributed by atoms with Crippen LogP contribution in [0, 0.1) is 12.8 Å². The van der Waals surface area contributed by atoms with Crippen LogP contribution in [0.15, 0.2) is 65.6 Å². The summed E-state index contributed by atoms with van der Waals surface area (Å²) in [5, 5.41) is 3.61. The van der Waals surface area contributed by atoms with E-state index in [1.165, 1.54) is 29.2 Å². The molecule has 0 aliphatic heterocycles. The lowest BCUT2D eigenvalue weighted by Gasteiger charge is -2.33. The molecule has 3 aromatic carbocycles. The minimum absolute atomic E-state index is 0.0228. The van der Waals surface area contributed by atoms with Crippen molar-refractivity contribution in [3.8, 4) is 0 Å². The third-order valence-corrected chi connectivity index (χ3v) is 9.82. The van der Waals surface area contributed by atoms with E-state index < -0.39 is 28.5 Å². The van der Waals surface area contributed by atoms with Crippen LogP contribution in [0.2, 0.25) is 20.1 Å². The largest absolute Gasteiger partial charge is 0.354 e. The molecule has 0 radical (unpaired) electrons. The van der Waals surface area contributed by atoms with Crippen LogP contribution in [0.4, 0.5) is 5.69 Å². The molecule has 0 fully saturated rings. The molecular formula is C30H33Cl4N3O4S. The van der Waals surface area contributed by atoms with Crippen LogP contribution >= 0.6 is 46.4 Å². The van der Waals surface area contributed by atoms with Gasteiger partial charge in [0.2, 0.25) is 11.8 Å². The maximum Gasteiger partial charge on any atom is 0.264 e. The highest BCUT2D eigenvalue weighted by Gasteiger charge is 2.34. The van der Waals surface area contributed by atoms with Crippen molar-refractivity contribution < 1.29 is 18.0 Å². The highest BCUT2D eigenvalue weighted by molar-refractivity contribution is 7.92. The summed E-state index contributed by atoms with van der Waals surface area (Å²) in [7, 11) is -4.29. The molecule has 2 amide bonds. The maximum atomic E-state index is 14.2. The van der Waals surface area contributed by atoms with Gasteiger partial charge in [-0.15, -0.1) is 0 Å². The van der Waals surface area contributed by atoms with Gasteiger partial charge in [-0.2, -0.15) is 0 Å². The SMILES string of the molecule is CCC(C(=O)NCC(C)C)N(Cc1ccc(Cl)c(Cl)c1)C(=O)CN(c1cccc(Cl)c1Cl)S(=O)(=O)c1ccc(C)cc1. The van der Waals surface area contributed by atoms with Gasteiger partial charge in [-0.3, -0.25) is 13.9 Å². The monoisotopic (exact) mass is 671 g/mol. The number of carbonyl (C=O) groups is 2. The van der Waals surface area contributed by atoms with Crippen LogP contribution in [0.1, 0.15) is 38.3 Å². The molecule has 0 aliphatic rings. The number of anilines is 1. The fourth-order valence-corrected chi connectivity index (χ4v) is 6.41.